The lowest BCUT2D eigenvalue weighted by atomic mass is 10.5. The van der Waals surface area contributed by atoms with Gasteiger partial charge < -0.3 is 5.32 Å². The summed E-state index contributed by atoms with van der Waals surface area (Å²) in [6, 6.07) is 1.70. The molecule has 0 saturated heterocycles. The Hall–Kier alpha value is -1.26. The van der Waals surface area contributed by atoms with E-state index in [1.165, 1.54) is 6.20 Å². The molecule has 0 unspecified atom stereocenters. The molecule has 0 aromatic carbocycles. The lowest BCUT2D eigenvalue weighted by Gasteiger charge is -2.02. The number of alkyl halides is 2. The monoisotopic (exact) mass is 173 g/mol. The van der Waals surface area contributed by atoms with E-state index in [4.69, 9.17) is 0 Å². The molecule has 66 valence electrons. The third-order valence-corrected chi connectivity index (χ3v) is 1.21. The Morgan fingerprint density at radius 1 is 1.58 bits per heavy atom. The second-order valence-corrected chi connectivity index (χ2v) is 2.29. The van der Waals surface area contributed by atoms with Gasteiger partial charge in [-0.15, -0.1) is 0 Å². The van der Waals surface area contributed by atoms with Crippen LogP contribution < -0.4 is 5.32 Å². The van der Waals surface area contributed by atoms with E-state index in [1.807, 2.05) is 0 Å². The molecule has 3 nitrogen and oxygen atoms in total. The maximum absolute atomic E-state index is 11.7. The number of aromatic nitrogens is 2. The van der Waals surface area contributed by atoms with Crippen LogP contribution in [0.2, 0.25) is 0 Å². The average Bonchev–Trinajstić information content (AvgIpc) is 2.01. The molecule has 0 aliphatic heterocycles. The van der Waals surface area contributed by atoms with E-state index in [0.29, 0.717) is 0 Å². The largest absolute Gasteiger partial charge is 0.348 e. The highest BCUT2D eigenvalue weighted by Crippen LogP contribution is 2.00. The first-order valence-corrected chi connectivity index (χ1v) is 3.50. The van der Waals surface area contributed by atoms with Gasteiger partial charge >= 0.3 is 0 Å². The summed E-state index contributed by atoms with van der Waals surface area (Å²) in [7, 11) is 0. The Kier molecular flexibility index (Phi) is 2.90. The van der Waals surface area contributed by atoms with Crippen molar-refractivity contribution in [2.75, 3.05) is 11.9 Å². The van der Waals surface area contributed by atoms with E-state index in [-0.39, 0.29) is 5.95 Å². The van der Waals surface area contributed by atoms with E-state index >= 15 is 0 Å². The molecule has 1 heterocycles. The predicted molar refractivity (Wildman–Crippen MR) is 41.3 cm³/mol. The van der Waals surface area contributed by atoms with Crippen molar-refractivity contribution in [2.45, 2.75) is 13.3 Å². The first kappa shape index (κ1) is 8.83. The van der Waals surface area contributed by atoms with Crippen LogP contribution in [0.3, 0.4) is 0 Å². The zero-order valence-corrected chi connectivity index (χ0v) is 6.59. The van der Waals surface area contributed by atoms with Crippen LogP contribution >= 0.6 is 0 Å². The summed E-state index contributed by atoms with van der Waals surface area (Å²) in [5, 5.41) is 2.41. The van der Waals surface area contributed by atoms with Gasteiger partial charge in [0.2, 0.25) is 5.95 Å². The van der Waals surface area contributed by atoms with Crippen LogP contribution in [0.1, 0.15) is 5.69 Å². The van der Waals surface area contributed by atoms with Crippen LogP contribution in [0.15, 0.2) is 12.3 Å². The summed E-state index contributed by atoms with van der Waals surface area (Å²) >= 11 is 0. The number of nitrogens with one attached hydrogen (secondary N) is 1. The highest BCUT2D eigenvalue weighted by Gasteiger charge is 2.02. The lowest BCUT2D eigenvalue weighted by Crippen LogP contribution is -2.12. The molecule has 1 N–H and O–H groups in total. The highest BCUT2D eigenvalue weighted by molar-refractivity contribution is 5.24. The number of rotatable bonds is 3. The van der Waals surface area contributed by atoms with Gasteiger partial charge in [-0.3, -0.25) is 0 Å². The quantitative estimate of drug-likeness (QED) is 0.751. The Labute approximate surface area is 68.8 Å². The van der Waals surface area contributed by atoms with Gasteiger partial charge in [-0.25, -0.2) is 18.7 Å². The van der Waals surface area contributed by atoms with Crippen molar-refractivity contribution >= 4 is 5.95 Å². The van der Waals surface area contributed by atoms with Crippen LogP contribution in [0, 0.1) is 6.92 Å². The summed E-state index contributed by atoms with van der Waals surface area (Å²) in [5.74, 6) is 0.246. The van der Waals surface area contributed by atoms with Crippen LogP contribution in [0.4, 0.5) is 14.7 Å². The van der Waals surface area contributed by atoms with Crippen LogP contribution in [-0.2, 0) is 0 Å². The zero-order chi connectivity index (χ0) is 8.97. The maximum Gasteiger partial charge on any atom is 0.255 e. The zero-order valence-electron chi connectivity index (χ0n) is 6.59. The summed E-state index contributed by atoms with van der Waals surface area (Å²) in [6.07, 6.45) is -0.857. The molecule has 0 fully saturated rings. The van der Waals surface area contributed by atoms with Gasteiger partial charge in [-0.1, -0.05) is 0 Å². The van der Waals surface area contributed by atoms with Gasteiger partial charge in [-0.2, -0.15) is 0 Å². The normalized spacial score (nSPS) is 10.3. The molecule has 12 heavy (non-hydrogen) atoms. The van der Waals surface area contributed by atoms with Crippen molar-refractivity contribution in [1.29, 1.82) is 0 Å². The molecular weight excluding hydrogens is 164 g/mol. The third kappa shape index (κ3) is 2.77. The Morgan fingerprint density at radius 3 is 2.92 bits per heavy atom. The van der Waals surface area contributed by atoms with Gasteiger partial charge in [0, 0.05) is 11.9 Å². The van der Waals surface area contributed by atoms with Crippen molar-refractivity contribution in [3.63, 3.8) is 0 Å². The number of anilines is 1. The molecule has 1 rings (SSSR count). The summed E-state index contributed by atoms with van der Waals surface area (Å²) in [6.45, 7) is 1.36. The molecule has 0 saturated carbocycles. The second kappa shape index (κ2) is 3.94. The SMILES string of the molecule is Cc1ccnc(NCC(F)F)n1. The fraction of sp³-hybridized carbons (Fsp3) is 0.429. The van der Waals surface area contributed by atoms with Crippen molar-refractivity contribution < 1.29 is 8.78 Å². The number of hydrogen-bond acceptors (Lipinski definition) is 3. The maximum atomic E-state index is 11.7. The van der Waals surface area contributed by atoms with E-state index in [1.54, 1.807) is 13.0 Å². The predicted octanol–water partition coefficient (Wildman–Crippen LogP) is 1.46. The molecule has 1 aromatic rings. The van der Waals surface area contributed by atoms with Gasteiger partial charge in [0.15, 0.2) is 0 Å². The molecular formula is C7H9F2N3. The van der Waals surface area contributed by atoms with Gasteiger partial charge in [-0.05, 0) is 13.0 Å². The third-order valence-electron chi connectivity index (χ3n) is 1.21. The van der Waals surface area contributed by atoms with Gasteiger partial charge in [0.1, 0.15) is 0 Å². The number of nitrogens with zero attached hydrogens (tertiary/aromatic N) is 2. The fourth-order valence-electron chi connectivity index (χ4n) is 0.703. The van der Waals surface area contributed by atoms with E-state index < -0.39 is 13.0 Å². The smallest absolute Gasteiger partial charge is 0.255 e. The van der Waals surface area contributed by atoms with Crippen molar-refractivity contribution in [1.82, 2.24) is 9.97 Å². The van der Waals surface area contributed by atoms with Crippen molar-refractivity contribution in [2.24, 2.45) is 0 Å². The second-order valence-electron chi connectivity index (χ2n) is 2.29. The van der Waals surface area contributed by atoms with Crippen molar-refractivity contribution in [3.05, 3.63) is 18.0 Å². The average molecular weight is 173 g/mol. The lowest BCUT2D eigenvalue weighted by molar-refractivity contribution is 0.163. The Morgan fingerprint density at radius 2 is 2.33 bits per heavy atom. The standard InChI is InChI=1S/C7H9F2N3/c1-5-2-3-10-7(12-5)11-4-6(8)9/h2-3,6H,4H2,1H3,(H,10,11,12). The first-order chi connectivity index (χ1) is 5.68. The van der Waals surface area contributed by atoms with E-state index in [9.17, 15) is 8.78 Å². The van der Waals surface area contributed by atoms with Crippen molar-refractivity contribution in [3.8, 4) is 0 Å². The number of aryl methyl sites for hydroxylation is 1. The molecule has 0 spiro atoms. The molecule has 0 bridgehead atoms. The minimum atomic E-state index is -2.38. The molecule has 0 amide bonds. The minimum Gasteiger partial charge on any atom is -0.348 e. The Bertz CT molecular complexity index is 252. The van der Waals surface area contributed by atoms with Gasteiger partial charge in [0.05, 0.1) is 6.54 Å². The minimum absolute atomic E-state index is 0.246. The number of halogens is 2. The van der Waals surface area contributed by atoms with Crippen LogP contribution in [0.25, 0.3) is 0 Å². The molecule has 5 heteroatoms. The first-order valence-electron chi connectivity index (χ1n) is 3.50. The fourth-order valence-corrected chi connectivity index (χ4v) is 0.703. The van der Waals surface area contributed by atoms with Crippen LogP contribution in [0.5, 0.6) is 0 Å². The van der Waals surface area contributed by atoms with E-state index in [2.05, 4.69) is 15.3 Å². The molecule has 1 aromatic heterocycles. The topological polar surface area (TPSA) is 37.8 Å². The summed E-state index contributed by atoms with van der Waals surface area (Å²) in [4.78, 5) is 7.65. The summed E-state index contributed by atoms with van der Waals surface area (Å²) in [5.41, 5.74) is 0.752. The van der Waals surface area contributed by atoms with E-state index in [0.717, 1.165) is 5.69 Å². The molecule has 0 aliphatic carbocycles. The van der Waals surface area contributed by atoms with Gasteiger partial charge in [0.25, 0.3) is 6.43 Å². The summed E-state index contributed by atoms with van der Waals surface area (Å²) < 4.78 is 23.4. The molecule has 0 radical (unpaired) electrons. The molecule has 0 aliphatic rings. The Balaban J connectivity index is 2.52. The van der Waals surface area contributed by atoms with Crippen LogP contribution in [-0.4, -0.2) is 22.9 Å². The molecule has 0 atom stereocenters. The number of hydrogen-bond donors (Lipinski definition) is 1. The highest BCUT2D eigenvalue weighted by atomic mass is 19.3.